The number of halogens is 1. The molecule has 26 heavy (non-hydrogen) atoms. The Labute approximate surface area is 173 Å². The second-order valence-electron chi connectivity index (χ2n) is 6.16. The lowest BCUT2D eigenvalue weighted by atomic mass is 10.1. The molecule has 3 N–H and O–H groups in total. The van der Waals surface area contributed by atoms with Gasteiger partial charge in [-0.25, -0.2) is 0 Å². The fourth-order valence-electron chi connectivity index (χ4n) is 2.76. The minimum absolute atomic E-state index is 0. The van der Waals surface area contributed by atoms with Crippen molar-refractivity contribution < 1.29 is 9.53 Å². The van der Waals surface area contributed by atoms with Crippen LogP contribution < -0.4 is 16.0 Å². The monoisotopic (exact) mass is 475 g/mol. The van der Waals surface area contributed by atoms with E-state index in [4.69, 9.17) is 4.74 Å². The second-order valence-corrected chi connectivity index (χ2v) is 6.16. The van der Waals surface area contributed by atoms with Gasteiger partial charge in [0.15, 0.2) is 5.96 Å². The first-order chi connectivity index (χ1) is 12.1. The molecule has 1 heterocycles. The van der Waals surface area contributed by atoms with Gasteiger partial charge in [-0.15, -0.1) is 24.0 Å². The lowest BCUT2D eigenvalue weighted by molar-refractivity contribution is -0.0161. The Morgan fingerprint density at radius 3 is 2.88 bits per heavy atom. The zero-order chi connectivity index (χ0) is 18.1. The highest BCUT2D eigenvalue weighted by Gasteiger charge is 2.17. The fraction of sp³-hybridized carbons (Fsp3) is 0.556. The molecule has 1 unspecified atom stereocenters. The number of carbonyl (C=O) groups excluding carboxylic acids is 1. The Morgan fingerprint density at radius 2 is 2.19 bits per heavy atom. The van der Waals surface area contributed by atoms with Crippen LogP contribution in [0.5, 0.6) is 0 Å². The maximum absolute atomic E-state index is 11.7. The van der Waals surface area contributed by atoms with Gasteiger partial charge < -0.3 is 25.6 Å². The number of ether oxygens (including phenoxy) is 1. The number of aliphatic imine (C=N–C) groups is 1. The molecule has 0 radical (unpaired) electrons. The molecule has 1 amide bonds. The van der Waals surface area contributed by atoms with Crippen molar-refractivity contribution in [3.63, 3.8) is 0 Å². The van der Waals surface area contributed by atoms with Gasteiger partial charge in [-0.2, -0.15) is 0 Å². The summed E-state index contributed by atoms with van der Waals surface area (Å²) in [5.74, 6) is 0.698. The molecule has 0 aliphatic carbocycles. The number of benzene rings is 1. The van der Waals surface area contributed by atoms with Crippen LogP contribution in [-0.4, -0.2) is 76.8 Å². The molecule has 1 aromatic carbocycles. The van der Waals surface area contributed by atoms with Gasteiger partial charge in [0.05, 0.1) is 12.7 Å². The number of nitrogens with one attached hydrogen (secondary N) is 3. The second kappa shape index (κ2) is 12.1. The quantitative estimate of drug-likeness (QED) is 0.321. The summed E-state index contributed by atoms with van der Waals surface area (Å²) in [5, 5.41) is 9.25. The summed E-state index contributed by atoms with van der Waals surface area (Å²) in [5.41, 5.74) is 1.79. The maximum Gasteiger partial charge on any atom is 0.251 e. The third-order valence-corrected chi connectivity index (χ3v) is 4.19. The van der Waals surface area contributed by atoms with Crippen LogP contribution in [0.15, 0.2) is 29.3 Å². The number of hydrogen-bond donors (Lipinski definition) is 3. The highest BCUT2D eigenvalue weighted by Crippen LogP contribution is 2.06. The van der Waals surface area contributed by atoms with Crippen molar-refractivity contribution in [2.75, 3.05) is 53.9 Å². The summed E-state index contributed by atoms with van der Waals surface area (Å²) in [6.07, 6.45) is 0.996. The summed E-state index contributed by atoms with van der Waals surface area (Å²) < 4.78 is 5.74. The van der Waals surface area contributed by atoms with E-state index in [1.54, 1.807) is 14.1 Å². The van der Waals surface area contributed by atoms with E-state index in [9.17, 15) is 4.79 Å². The van der Waals surface area contributed by atoms with E-state index in [0.717, 1.165) is 50.7 Å². The van der Waals surface area contributed by atoms with Gasteiger partial charge in [-0.3, -0.25) is 9.79 Å². The number of guanidine groups is 1. The largest absolute Gasteiger partial charge is 0.374 e. The van der Waals surface area contributed by atoms with E-state index in [0.29, 0.717) is 5.56 Å². The highest BCUT2D eigenvalue weighted by molar-refractivity contribution is 14.0. The van der Waals surface area contributed by atoms with Crippen LogP contribution in [0, 0.1) is 0 Å². The molecular weight excluding hydrogens is 445 g/mol. The van der Waals surface area contributed by atoms with E-state index in [-0.39, 0.29) is 36.0 Å². The molecular formula is C18H30IN5O2. The molecule has 7 nitrogen and oxygen atoms in total. The zero-order valence-corrected chi connectivity index (χ0v) is 18.1. The number of rotatable bonds is 6. The van der Waals surface area contributed by atoms with Crippen LogP contribution in [0.25, 0.3) is 0 Å². The molecule has 0 aromatic heterocycles. The van der Waals surface area contributed by atoms with Gasteiger partial charge in [0.2, 0.25) is 0 Å². The first-order valence-electron chi connectivity index (χ1n) is 8.68. The first-order valence-corrected chi connectivity index (χ1v) is 8.68. The molecule has 1 aliphatic rings. The molecule has 1 aliphatic heterocycles. The van der Waals surface area contributed by atoms with Crippen LogP contribution in [-0.2, 0) is 11.2 Å². The summed E-state index contributed by atoms with van der Waals surface area (Å²) >= 11 is 0. The van der Waals surface area contributed by atoms with E-state index < -0.39 is 0 Å². The first kappa shape index (κ1) is 22.7. The Hall–Kier alpha value is -1.39. The number of morpholine rings is 1. The van der Waals surface area contributed by atoms with Crippen LogP contribution in [0.1, 0.15) is 15.9 Å². The van der Waals surface area contributed by atoms with Crippen molar-refractivity contribution in [2.45, 2.75) is 12.5 Å². The SMILES string of the molecule is CN=C(NCCc1cccc(C(=O)NC)c1)NCC1CN(C)CCO1.I. The Morgan fingerprint density at radius 1 is 1.38 bits per heavy atom. The molecule has 0 saturated carbocycles. The van der Waals surface area contributed by atoms with Crippen molar-refractivity contribution in [1.82, 2.24) is 20.9 Å². The molecule has 2 rings (SSSR count). The standard InChI is InChI=1S/C18H29N5O2.HI/c1-19-17(24)15-6-4-5-14(11-15)7-8-21-18(20-2)22-12-16-13-23(3)9-10-25-16;/h4-6,11,16H,7-10,12-13H2,1-3H3,(H,19,24)(H2,20,21,22);1H. The highest BCUT2D eigenvalue weighted by atomic mass is 127. The van der Waals surface area contributed by atoms with Crippen molar-refractivity contribution >= 4 is 35.8 Å². The third-order valence-electron chi connectivity index (χ3n) is 4.19. The van der Waals surface area contributed by atoms with E-state index in [2.05, 4.69) is 32.9 Å². The van der Waals surface area contributed by atoms with Crippen molar-refractivity contribution in [2.24, 2.45) is 4.99 Å². The molecule has 1 saturated heterocycles. The Balaban J connectivity index is 0.00000338. The van der Waals surface area contributed by atoms with E-state index in [1.165, 1.54) is 0 Å². The van der Waals surface area contributed by atoms with Gasteiger partial charge in [0, 0.05) is 45.8 Å². The van der Waals surface area contributed by atoms with Gasteiger partial charge in [0.1, 0.15) is 0 Å². The molecule has 0 bridgehead atoms. The van der Waals surface area contributed by atoms with Crippen LogP contribution in [0.3, 0.4) is 0 Å². The minimum Gasteiger partial charge on any atom is -0.374 e. The molecule has 1 atom stereocenters. The average molecular weight is 475 g/mol. The van der Waals surface area contributed by atoms with E-state index in [1.807, 2.05) is 24.3 Å². The summed E-state index contributed by atoms with van der Waals surface area (Å²) in [6.45, 7) is 4.16. The third kappa shape index (κ3) is 7.46. The maximum atomic E-state index is 11.7. The van der Waals surface area contributed by atoms with Crippen molar-refractivity contribution in [1.29, 1.82) is 0 Å². The number of hydrogen-bond acceptors (Lipinski definition) is 4. The van der Waals surface area contributed by atoms with Crippen LogP contribution in [0.2, 0.25) is 0 Å². The number of nitrogens with zero attached hydrogens (tertiary/aromatic N) is 2. The zero-order valence-electron chi connectivity index (χ0n) is 15.7. The molecule has 1 fully saturated rings. The summed E-state index contributed by atoms with van der Waals surface area (Å²) in [7, 11) is 5.50. The Bertz CT molecular complexity index is 597. The minimum atomic E-state index is -0.0651. The summed E-state index contributed by atoms with van der Waals surface area (Å²) in [6, 6.07) is 7.67. The fourth-order valence-corrected chi connectivity index (χ4v) is 2.76. The van der Waals surface area contributed by atoms with Gasteiger partial charge in [-0.1, -0.05) is 12.1 Å². The lowest BCUT2D eigenvalue weighted by Crippen LogP contribution is -2.48. The predicted molar refractivity (Wildman–Crippen MR) is 116 cm³/mol. The van der Waals surface area contributed by atoms with Crippen LogP contribution in [0.4, 0.5) is 0 Å². The number of amides is 1. The smallest absolute Gasteiger partial charge is 0.251 e. The Kier molecular flexibility index (Phi) is 10.5. The number of carbonyl (C=O) groups is 1. The van der Waals surface area contributed by atoms with Crippen molar-refractivity contribution in [3.05, 3.63) is 35.4 Å². The molecule has 8 heteroatoms. The summed E-state index contributed by atoms with van der Waals surface area (Å²) in [4.78, 5) is 18.2. The van der Waals surface area contributed by atoms with Crippen LogP contribution >= 0.6 is 24.0 Å². The molecule has 1 aromatic rings. The topological polar surface area (TPSA) is 78.0 Å². The van der Waals surface area contributed by atoms with Gasteiger partial charge in [0.25, 0.3) is 5.91 Å². The normalized spacial score (nSPS) is 18.0. The predicted octanol–water partition coefficient (Wildman–Crippen LogP) is 0.702. The lowest BCUT2D eigenvalue weighted by Gasteiger charge is -2.30. The average Bonchev–Trinajstić information content (AvgIpc) is 2.64. The van der Waals surface area contributed by atoms with E-state index >= 15 is 0 Å². The van der Waals surface area contributed by atoms with Gasteiger partial charge in [-0.05, 0) is 31.2 Å². The molecule has 146 valence electrons. The van der Waals surface area contributed by atoms with Gasteiger partial charge >= 0.3 is 0 Å². The van der Waals surface area contributed by atoms with Crippen molar-refractivity contribution in [3.8, 4) is 0 Å². The molecule has 0 spiro atoms. The number of likely N-dealkylation sites (N-methyl/N-ethyl adjacent to an activating group) is 1.